The molecular weight excluding hydrogens is 238 g/mol. The minimum Gasteiger partial charge on any atom is -0.442 e. The molecule has 4 bridgehead atoms. The van der Waals surface area contributed by atoms with Crippen molar-refractivity contribution < 1.29 is 9.53 Å². The summed E-state index contributed by atoms with van der Waals surface area (Å²) in [5.41, 5.74) is -0.147. The Labute approximate surface area is 115 Å². The molecule has 3 nitrogen and oxygen atoms in total. The minimum atomic E-state index is -0.147. The maximum Gasteiger partial charge on any atom is 0.410 e. The van der Waals surface area contributed by atoms with E-state index in [1.54, 1.807) is 0 Å². The van der Waals surface area contributed by atoms with Gasteiger partial charge in [-0.1, -0.05) is 0 Å². The molecule has 5 atom stereocenters. The van der Waals surface area contributed by atoms with Gasteiger partial charge in [0.15, 0.2) is 0 Å². The van der Waals surface area contributed by atoms with Crippen molar-refractivity contribution in [3.63, 3.8) is 0 Å². The first-order chi connectivity index (χ1) is 9.17. The summed E-state index contributed by atoms with van der Waals surface area (Å²) in [5.74, 6) is 3.09. The highest BCUT2D eigenvalue weighted by Crippen LogP contribution is 2.63. The Balaban J connectivity index is 1.48. The maximum absolute atomic E-state index is 12.4. The Morgan fingerprint density at radius 1 is 1.11 bits per heavy atom. The zero-order chi connectivity index (χ0) is 13.0. The van der Waals surface area contributed by atoms with Crippen LogP contribution in [0.5, 0.6) is 0 Å². The van der Waals surface area contributed by atoms with Gasteiger partial charge in [0.2, 0.25) is 0 Å². The molecule has 1 aliphatic heterocycles. The van der Waals surface area contributed by atoms with Gasteiger partial charge in [-0.25, -0.2) is 4.79 Å². The van der Waals surface area contributed by atoms with E-state index in [1.165, 1.54) is 32.1 Å². The van der Waals surface area contributed by atoms with E-state index in [0.29, 0.717) is 11.8 Å². The summed E-state index contributed by atoms with van der Waals surface area (Å²) in [4.78, 5) is 14.4. The standard InChI is InChI=1S/C16H25NO2/c1-16(19-15(18)17-5-3-2-4-6-17)13-8-11-7-12(10-13)14(16)9-11/h11-14H,2-10H2,1H3. The van der Waals surface area contributed by atoms with E-state index in [0.717, 1.165) is 37.8 Å². The van der Waals surface area contributed by atoms with Crippen LogP contribution in [0, 0.1) is 23.7 Å². The molecule has 0 aromatic rings. The Morgan fingerprint density at radius 3 is 2.63 bits per heavy atom. The Bertz CT molecular complexity index is 386. The average molecular weight is 263 g/mol. The van der Waals surface area contributed by atoms with E-state index in [9.17, 15) is 4.79 Å². The smallest absolute Gasteiger partial charge is 0.410 e. The average Bonchev–Trinajstić information content (AvgIpc) is 2.81. The Hall–Kier alpha value is -0.730. The molecule has 5 unspecified atom stereocenters. The van der Waals surface area contributed by atoms with Gasteiger partial charge in [0.1, 0.15) is 5.60 Å². The van der Waals surface area contributed by atoms with Gasteiger partial charge in [0.25, 0.3) is 0 Å². The number of likely N-dealkylation sites (tertiary alicyclic amines) is 1. The molecule has 5 fully saturated rings. The Kier molecular flexibility index (Phi) is 2.62. The van der Waals surface area contributed by atoms with Crippen molar-refractivity contribution in [2.24, 2.45) is 23.7 Å². The highest BCUT2D eigenvalue weighted by atomic mass is 16.6. The van der Waals surface area contributed by atoms with Gasteiger partial charge in [0.05, 0.1) is 0 Å². The number of amides is 1. The lowest BCUT2D eigenvalue weighted by Crippen LogP contribution is -2.48. The third-order valence-corrected chi connectivity index (χ3v) is 6.47. The molecule has 0 aromatic heterocycles. The summed E-state index contributed by atoms with van der Waals surface area (Å²) in [5, 5.41) is 0. The second-order valence-corrected chi connectivity index (χ2v) is 7.47. The van der Waals surface area contributed by atoms with E-state index in [-0.39, 0.29) is 11.7 Å². The van der Waals surface area contributed by atoms with Crippen molar-refractivity contribution in [3.05, 3.63) is 0 Å². The molecule has 106 valence electrons. The molecule has 1 saturated heterocycles. The lowest BCUT2D eigenvalue weighted by Gasteiger charge is -2.42. The molecule has 1 heterocycles. The van der Waals surface area contributed by atoms with Crippen LogP contribution in [0.4, 0.5) is 4.79 Å². The van der Waals surface area contributed by atoms with Gasteiger partial charge >= 0.3 is 6.09 Å². The first kappa shape index (κ1) is 12.0. The molecule has 0 aromatic carbocycles. The van der Waals surface area contributed by atoms with Crippen molar-refractivity contribution in [1.29, 1.82) is 0 Å². The Morgan fingerprint density at radius 2 is 1.89 bits per heavy atom. The fourth-order valence-corrected chi connectivity index (χ4v) is 5.52. The SMILES string of the molecule is CC1(OC(=O)N2CCCCC2)C2CC3CC(C2)C1C3. The van der Waals surface area contributed by atoms with Crippen LogP contribution >= 0.6 is 0 Å². The van der Waals surface area contributed by atoms with E-state index in [4.69, 9.17) is 4.74 Å². The predicted molar refractivity (Wildman–Crippen MR) is 72.7 cm³/mol. The summed E-state index contributed by atoms with van der Waals surface area (Å²) in [7, 11) is 0. The zero-order valence-corrected chi connectivity index (χ0v) is 11.9. The van der Waals surface area contributed by atoms with Crippen LogP contribution in [0.15, 0.2) is 0 Å². The number of ether oxygens (including phenoxy) is 1. The number of carbonyl (C=O) groups excluding carboxylic acids is 1. The van der Waals surface area contributed by atoms with Crippen LogP contribution in [-0.4, -0.2) is 29.7 Å². The van der Waals surface area contributed by atoms with E-state index in [1.807, 2.05) is 4.90 Å². The third kappa shape index (κ3) is 1.73. The number of carbonyl (C=O) groups is 1. The fourth-order valence-electron chi connectivity index (χ4n) is 5.52. The number of hydrogen-bond acceptors (Lipinski definition) is 2. The van der Waals surface area contributed by atoms with Gasteiger partial charge < -0.3 is 9.64 Å². The second kappa shape index (κ2) is 4.13. The lowest BCUT2D eigenvalue weighted by molar-refractivity contribution is -0.0721. The molecule has 3 heteroatoms. The first-order valence-electron chi connectivity index (χ1n) is 8.15. The molecule has 4 saturated carbocycles. The highest BCUT2D eigenvalue weighted by molar-refractivity contribution is 5.68. The highest BCUT2D eigenvalue weighted by Gasteiger charge is 2.62. The molecule has 1 amide bonds. The minimum absolute atomic E-state index is 0.0294. The molecular formula is C16H25NO2. The normalized spacial score (nSPS) is 47.7. The molecule has 5 rings (SSSR count). The van der Waals surface area contributed by atoms with E-state index >= 15 is 0 Å². The first-order valence-corrected chi connectivity index (χ1v) is 8.15. The molecule has 0 spiro atoms. The fraction of sp³-hybridized carbons (Fsp3) is 0.938. The van der Waals surface area contributed by atoms with Crippen molar-refractivity contribution in [3.8, 4) is 0 Å². The number of hydrogen-bond donors (Lipinski definition) is 0. The van der Waals surface area contributed by atoms with Crippen molar-refractivity contribution in [2.75, 3.05) is 13.1 Å². The van der Waals surface area contributed by atoms with Crippen LogP contribution in [-0.2, 0) is 4.74 Å². The molecule has 0 radical (unpaired) electrons. The van der Waals surface area contributed by atoms with E-state index in [2.05, 4.69) is 6.92 Å². The van der Waals surface area contributed by atoms with Crippen LogP contribution in [0.2, 0.25) is 0 Å². The topological polar surface area (TPSA) is 29.5 Å². The monoisotopic (exact) mass is 263 g/mol. The molecule has 0 N–H and O–H groups in total. The van der Waals surface area contributed by atoms with Gasteiger partial charge in [-0.15, -0.1) is 0 Å². The van der Waals surface area contributed by atoms with Crippen LogP contribution in [0.1, 0.15) is 51.9 Å². The number of nitrogens with zero attached hydrogens (tertiary/aromatic N) is 1. The van der Waals surface area contributed by atoms with Crippen LogP contribution < -0.4 is 0 Å². The summed E-state index contributed by atoms with van der Waals surface area (Å²) in [6.45, 7) is 4.03. The van der Waals surface area contributed by atoms with Crippen molar-refractivity contribution >= 4 is 6.09 Å². The second-order valence-electron chi connectivity index (χ2n) is 7.47. The quantitative estimate of drug-likeness (QED) is 0.725. The lowest BCUT2D eigenvalue weighted by atomic mass is 9.73. The predicted octanol–water partition coefficient (Wildman–Crippen LogP) is 3.43. The molecule has 19 heavy (non-hydrogen) atoms. The summed E-state index contributed by atoms with van der Waals surface area (Å²) >= 11 is 0. The number of piperidine rings is 1. The third-order valence-electron chi connectivity index (χ3n) is 6.47. The van der Waals surface area contributed by atoms with Crippen molar-refractivity contribution in [1.82, 2.24) is 4.90 Å². The van der Waals surface area contributed by atoms with Gasteiger partial charge in [0, 0.05) is 19.0 Å². The van der Waals surface area contributed by atoms with Gasteiger partial charge in [-0.05, 0) is 69.6 Å². The van der Waals surface area contributed by atoms with Crippen molar-refractivity contribution in [2.45, 2.75) is 57.5 Å². The maximum atomic E-state index is 12.4. The van der Waals surface area contributed by atoms with E-state index < -0.39 is 0 Å². The van der Waals surface area contributed by atoms with Gasteiger partial charge in [-0.2, -0.15) is 0 Å². The van der Waals surface area contributed by atoms with Crippen LogP contribution in [0.25, 0.3) is 0 Å². The molecule has 4 aliphatic carbocycles. The zero-order valence-electron chi connectivity index (χ0n) is 11.9. The van der Waals surface area contributed by atoms with Gasteiger partial charge in [-0.3, -0.25) is 0 Å². The number of rotatable bonds is 1. The summed E-state index contributed by atoms with van der Waals surface area (Å²) in [6, 6.07) is 0. The summed E-state index contributed by atoms with van der Waals surface area (Å²) < 4.78 is 6.09. The summed E-state index contributed by atoms with van der Waals surface area (Å²) in [6.07, 6.45) is 8.84. The largest absolute Gasteiger partial charge is 0.442 e. The van der Waals surface area contributed by atoms with Crippen LogP contribution in [0.3, 0.4) is 0 Å². The molecule has 5 aliphatic rings.